The van der Waals surface area contributed by atoms with Gasteiger partial charge in [0.25, 0.3) is 0 Å². The molecule has 0 saturated carbocycles. The second kappa shape index (κ2) is 7.79. The van der Waals surface area contributed by atoms with Crippen molar-refractivity contribution >= 4 is 29.1 Å². The predicted octanol–water partition coefficient (Wildman–Crippen LogP) is 2.61. The molecule has 1 N–H and O–H groups in total. The lowest BCUT2D eigenvalue weighted by atomic mass is 10.2. The molecule has 104 valence electrons. The van der Waals surface area contributed by atoms with Crippen molar-refractivity contribution in [3.8, 4) is 0 Å². The quantitative estimate of drug-likeness (QED) is 0.816. The summed E-state index contributed by atoms with van der Waals surface area (Å²) in [7, 11) is 0. The second-order valence-corrected chi connectivity index (χ2v) is 4.72. The Bertz CT molecular complexity index is 449. The summed E-state index contributed by atoms with van der Waals surface area (Å²) < 4.78 is 0. The average Bonchev–Trinajstić information content (AvgIpc) is 2.36. The SMILES string of the molecule is CCCCNC(=O)CN(C(C)=O)c1cccc(Cl)c1. The fraction of sp³-hybridized carbons (Fsp3) is 0.429. The molecule has 2 amide bonds. The zero-order valence-electron chi connectivity index (χ0n) is 11.3. The van der Waals surface area contributed by atoms with Gasteiger partial charge >= 0.3 is 0 Å². The van der Waals surface area contributed by atoms with Crippen LogP contribution in [0.3, 0.4) is 0 Å². The summed E-state index contributed by atoms with van der Waals surface area (Å²) in [6, 6.07) is 6.90. The molecular weight excluding hydrogens is 264 g/mol. The number of nitrogens with zero attached hydrogens (tertiary/aromatic N) is 1. The molecule has 1 aromatic carbocycles. The Balaban J connectivity index is 2.68. The molecule has 0 bridgehead atoms. The van der Waals surface area contributed by atoms with E-state index in [-0.39, 0.29) is 18.4 Å². The van der Waals surface area contributed by atoms with Crippen molar-refractivity contribution in [2.45, 2.75) is 26.7 Å². The maximum Gasteiger partial charge on any atom is 0.240 e. The number of amides is 2. The van der Waals surface area contributed by atoms with Crippen LogP contribution < -0.4 is 10.2 Å². The second-order valence-electron chi connectivity index (χ2n) is 4.29. The third-order valence-corrected chi connectivity index (χ3v) is 2.89. The Morgan fingerprint density at radius 2 is 2.11 bits per heavy atom. The zero-order chi connectivity index (χ0) is 14.3. The minimum Gasteiger partial charge on any atom is -0.355 e. The van der Waals surface area contributed by atoms with Gasteiger partial charge in [0.15, 0.2) is 0 Å². The normalized spacial score (nSPS) is 10.1. The summed E-state index contributed by atoms with van der Waals surface area (Å²) >= 11 is 5.89. The molecule has 1 aromatic rings. The van der Waals surface area contributed by atoms with Gasteiger partial charge in [-0.3, -0.25) is 9.59 Å². The molecule has 0 radical (unpaired) electrons. The Labute approximate surface area is 118 Å². The van der Waals surface area contributed by atoms with Gasteiger partial charge in [-0.25, -0.2) is 0 Å². The van der Waals surface area contributed by atoms with Crippen molar-refractivity contribution in [2.75, 3.05) is 18.0 Å². The number of nitrogens with one attached hydrogen (secondary N) is 1. The summed E-state index contributed by atoms with van der Waals surface area (Å²) in [5.41, 5.74) is 0.630. The van der Waals surface area contributed by atoms with Gasteiger partial charge in [0, 0.05) is 24.2 Å². The van der Waals surface area contributed by atoms with Crippen molar-refractivity contribution in [3.63, 3.8) is 0 Å². The molecule has 0 atom stereocenters. The number of hydrogen-bond donors (Lipinski definition) is 1. The van der Waals surface area contributed by atoms with Crippen LogP contribution in [0.15, 0.2) is 24.3 Å². The number of carbonyl (C=O) groups is 2. The smallest absolute Gasteiger partial charge is 0.240 e. The highest BCUT2D eigenvalue weighted by atomic mass is 35.5. The Morgan fingerprint density at radius 1 is 1.37 bits per heavy atom. The van der Waals surface area contributed by atoms with Crippen LogP contribution in [0.4, 0.5) is 5.69 Å². The maximum absolute atomic E-state index is 11.8. The molecule has 0 saturated heterocycles. The molecule has 0 aromatic heterocycles. The van der Waals surface area contributed by atoms with Crippen molar-refractivity contribution in [1.82, 2.24) is 5.32 Å². The van der Waals surface area contributed by atoms with Gasteiger partial charge in [-0.2, -0.15) is 0 Å². The topological polar surface area (TPSA) is 49.4 Å². The first-order valence-electron chi connectivity index (χ1n) is 6.35. The van der Waals surface area contributed by atoms with Gasteiger partial charge in [-0.15, -0.1) is 0 Å². The highest BCUT2D eigenvalue weighted by Crippen LogP contribution is 2.19. The van der Waals surface area contributed by atoms with Gasteiger partial charge in [-0.05, 0) is 24.6 Å². The third-order valence-electron chi connectivity index (χ3n) is 2.65. The molecule has 0 unspecified atom stereocenters. The van der Waals surface area contributed by atoms with E-state index >= 15 is 0 Å². The van der Waals surface area contributed by atoms with Crippen LogP contribution in [0.1, 0.15) is 26.7 Å². The van der Waals surface area contributed by atoms with Crippen molar-refractivity contribution in [3.05, 3.63) is 29.3 Å². The molecule has 0 aliphatic heterocycles. The summed E-state index contributed by atoms with van der Waals surface area (Å²) in [6.45, 7) is 4.14. The van der Waals surface area contributed by atoms with Crippen LogP contribution in [-0.2, 0) is 9.59 Å². The minimum atomic E-state index is -0.187. The first-order valence-corrected chi connectivity index (χ1v) is 6.72. The first-order chi connectivity index (χ1) is 9.04. The van der Waals surface area contributed by atoms with Gasteiger partial charge < -0.3 is 10.2 Å². The lowest BCUT2D eigenvalue weighted by Gasteiger charge is -2.20. The number of unbranched alkanes of at least 4 members (excludes halogenated alkanes) is 1. The molecule has 19 heavy (non-hydrogen) atoms. The number of halogens is 1. The zero-order valence-corrected chi connectivity index (χ0v) is 12.0. The maximum atomic E-state index is 11.8. The number of anilines is 1. The van der Waals surface area contributed by atoms with E-state index in [2.05, 4.69) is 12.2 Å². The molecule has 0 fully saturated rings. The van der Waals surface area contributed by atoms with Crippen LogP contribution in [0, 0.1) is 0 Å². The number of benzene rings is 1. The molecule has 0 aliphatic rings. The molecule has 4 nitrogen and oxygen atoms in total. The summed E-state index contributed by atoms with van der Waals surface area (Å²) in [5.74, 6) is -0.350. The number of carbonyl (C=O) groups excluding carboxylic acids is 2. The fourth-order valence-electron chi connectivity index (χ4n) is 1.63. The van der Waals surface area contributed by atoms with E-state index in [0.717, 1.165) is 12.8 Å². The average molecular weight is 283 g/mol. The third kappa shape index (κ3) is 5.30. The predicted molar refractivity (Wildman–Crippen MR) is 77.4 cm³/mol. The molecule has 1 rings (SSSR count). The van der Waals surface area contributed by atoms with E-state index in [1.165, 1.54) is 11.8 Å². The fourth-order valence-corrected chi connectivity index (χ4v) is 1.82. The van der Waals surface area contributed by atoms with E-state index in [1.807, 2.05) is 0 Å². The van der Waals surface area contributed by atoms with Gasteiger partial charge in [0.05, 0.1) is 0 Å². The summed E-state index contributed by atoms with van der Waals surface area (Å²) in [5, 5.41) is 3.32. The number of hydrogen-bond acceptors (Lipinski definition) is 2. The number of rotatable bonds is 6. The van der Waals surface area contributed by atoms with Crippen molar-refractivity contribution in [1.29, 1.82) is 0 Å². The van der Waals surface area contributed by atoms with Gasteiger partial charge in [0.2, 0.25) is 11.8 Å². The van der Waals surface area contributed by atoms with Crippen LogP contribution in [-0.4, -0.2) is 24.9 Å². The van der Waals surface area contributed by atoms with E-state index < -0.39 is 0 Å². The molecule has 0 aliphatic carbocycles. The van der Waals surface area contributed by atoms with Gasteiger partial charge in [0.1, 0.15) is 6.54 Å². The Hall–Kier alpha value is -1.55. The molecular formula is C14H19ClN2O2. The largest absolute Gasteiger partial charge is 0.355 e. The first kappa shape index (κ1) is 15.5. The lowest BCUT2D eigenvalue weighted by Crippen LogP contribution is -2.40. The Kier molecular flexibility index (Phi) is 6.36. The van der Waals surface area contributed by atoms with E-state index in [9.17, 15) is 9.59 Å². The van der Waals surface area contributed by atoms with E-state index in [0.29, 0.717) is 17.3 Å². The van der Waals surface area contributed by atoms with Crippen LogP contribution in [0.5, 0.6) is 0 Å². The highest BCUT2D eigenvalue weighted by molar-refractivity contribution is 6.30. The molecule has 0 spiro atoms. The van der Waals surface area contributed by atoms with Gasteiger partial charge in [-0.1, -0.05) is 31.0 Å². The highest BCUT2D eigenvalue weighted by Gasteiger charge is 2.15. The summed E-state index contributed by atoms with van der Waals surface area (Å²) in [4.78, 5) is 24.8. The van der Waals surface area contributed by atoms with E-state index in [4.69, 9.17) is 11.6 Å². The standard InChI is InChI=1S/C14H19ClN2O2/c1-3-4-8-16-14(19)10-17(11(2)18)13-7-5-6-12(15)9-13/h5-7,9H,3-4,8,10H2,1-2H3,(H,16,19). The monoisotopic (exact) mass is 282 g/mol. The minimum absolute atomic E-state index is 0.0133. The van der Waals surface area contributed by atoms with Crippen LogP contribution in [0.2, 0.25) is 5.02 Å². The van der Waals surface area contributed by atoms with E-state index in [1.54, 1.807) is 24.3 Å². The van der Waals surface area contributed by atoms with Crippen LogP contribution in [0.25, 0.3) is 0 Å². The lowest BCUT2D eigenvalue weighted by molar-refractivity contribution is -0.123. The summed E-state index contributed by atoms with van der Waals surface area (Å²) in [6.07, 6.45) is 1.95. The van der Waals surface area contributed by atoms with Crippen molar-refractivity contribution < 1.29 is 9.59 Å². The Morgan fingerprint density at radius 3 is 2.68 bits per heavy atom. The van der Waals surface area contributed by atoms with Crippen molar-refractivity contribution in [2.24, 2.45) is 0 Å². The molecule has 5 heteroatoms. The van der Waals surface area contributed by atoms with Crippen LogP contribution >= 0.6 is 11.6 Å². The molecule has 0 heterocycles.